The first-order valence-electron chi connectivity index (χ1n) is 7.30. The lowest BCUT2D eigenvalue weighted by Gasteiger charge is -2.08. The van der Waals surface area contributed by atoms with Crippen LogP contribution in [-0.2, 0) is 11.3 Å². The van der Waals surface area contributed by atoms with Gasteiger partial charge >= 0.3 is 0 Å². The van der Waals surface area contributed by atoms with Gasteiger partial charge in [-0.15, -0.1) is 0 Å². The molecule has 2 heterocycles. The molecule has 2 N–H and O–H groups in total. The van der Waals surface area contributed by atoms with Crippen LogP contribution in [0.15, 0.2) is 48.8 Å². The minimum atomic E-state index is -0.336. The Labute approximate surface area is 143 Å². The van der Waals surface area contributed by atoms with E-state index in [0.29, 0.717) is 11.3 Å². The van der Waals surface area contributed by atoms with E-state index in [4.69, 9.17) is 11.6 Å². The van der Waals surface area contributed by atoms with Crippen molar-refractivity contribution in [2.45, 2.75) is 6.54 Å². The van der Waals surface area contributed by atoms with Gasteiger partial charge < -0.3 is 15.2 Å². The molecule has 0 fully saturated rings. The second-order valence-corrected chi connectivity index (χ2v) is 5.54. The summed E-state index contributed by atoms with van der Waals surface area (Å²) in [6.07, 6.45) is 3.36. The fourth-order valence-electron chi connectivity index (χ4n) is 2.39. The largest absolute Gasteiger partial charge is 0.358 e. The van der Waals surface area contributed by atoms with Crippen LogP contribution in [0.25, 0.3) is 10.9 Å². The number of benzene rings is 1. The number of pyridine rings is 1. The quantitative estimate of drug-likeness (QED) is 0.716. The molecule has 2 aromatic heterocycles. The number of nitrogens with zero attached hydrogens (tertiary/aromatic N) is 2. The van der Waals surface area contributed by atoms with Crippen molar-refractivity contribution in [1.29, 1.82) is 0 Å². The number of likely N-dealkylation sites (N-methyl/N-ethyl adjacent to an activating group) is 1. The molecule has 6 nitrogen and oxygen atoms in total. The van der Waals surface area contributed by atoms with Gasteiger partial charge in [-0.2, -0.15) is 0 Å². The number of carbonyl (C=O) groups excluding carboxylic acids is 2. The molecular weight excluding hydrogens is 328 g/mol. The molecule has 0 bridgehead atoms. The van der Waals surface area contributed by atoms with E-state index in [1.807, 2.05) is 29.0 Å². The number of carbonyl (C=O) groups is 2. The third-order valence-corrected chi connectivity index (χ3v) is 3.93. The van der Waals surface area contributed by atoms with Gasteiger partial charge in [0.1, 0.15) is 11.7 Å². The Morgan fingerprint density at radius 1 is 1.25 bits per heavy atom. The molecule has 3 aromatic rings. The maximum Gasteiger partial charge on any atom is 0.258 e. The Kier molecular flexibility index (Phi) is 4.48. The number of rotatable bonds is 4. The highest BCUT2D eigenvalue weighted by molar-refractivity contribution is 6.33. The first-order chi connectivity index (χ1) is 11.6. The van der Waals surface area contributed by atoms with Gasteiger partial charge in [0.2, 0.25) is 5.91 Å². The molecule has 1 aromatic carbocycles. The highest BCUT2D eigenvalue weighted by atomic mass is 35.5. The lowest BCUT2D eigenvalue weighted by molar-refractivity contribution is -0.121. The summed E-state index contributed by atoms with van der Waals surface area (Å²) in [7, 11) is 1.59. The Morgan fingerprint density at radius 3 is 2.83 bits per heavy atom. The van der Waals surface area contributed by atoms with Crippen LogP contribution in [-0.4, -0.2) is 28.4 Å². The molecular formula is C17H15ClN4O2. The van der Waals surface area contributed by atoms with Crippen LogP contribution in [0.2, 0.25) is 5.15 Å². The zero-order chi connectivity index (χ0) is 17.1. The highest BCUT2D eigenvalue weighted by Crippen LogP contribution is 2.22. The molecule has 0 spiro atoms. The lowest BCUT2D eigenvalue weighted by Crippen LogP contribution is -2.23. The molecule has 0 aliphatic rings. The summed E-state index contributed by atoms with van der Waals surface area (Å²) in [6, 6.07) is 10.7. The summed E-state index contributed by atoms with van der Waals surface area (Å²) in [5.41, 5.74) is 1.78. The maximum atomic E-state index is 12.3. The van der Waals surface area contributed by atoms with Crippen LogP contribution < -0.4 is 10.6 Å². The lowest BCUT2D eigenvalue weighted by atomic mass is 10.2. The minimum Gasteiger partial charge on any atom is -0.358 e. The van der Waals surface area contributed by atoms with E-state index in [0.717, 1.165) is 10.9 Å². The predicted octanol–water partition coefficient (Wildman–Crippen LogP) is 2.69. The number of hydrogen-bond acceptors (Lipinski definition) is 3. The molecule has 2 amide bonds. The summed E-state index contributed by atoms with van der Waals surface area (Å²) in [5, 5.41) is 6.52. The van der Waals surface area contributed by atoms with Crippen LogP contribution in [0.3, 0.4) is 0 Å². The Morgan fingerprint density at radius 2 is 2.08 bits per heavy atom. The van der Waals surface area contributed by atoms with E-state index < -0.39 is 0 Å². The monoisotopic (exact) mass is 342 g/mol. The van der Waals surface area contributed by atoms with Gasteiger partial charge in [0.15, 0.2) is 0 Å². The zero-order valence-corrected chi connectivity index (χ0v) is 13.7. The number of amides is 2. The molecule has 0 aliphatic carbocycles. The Bertz CT molecular complexity index is 920. The van der Waals surface area contributed by atoms with Crippen LogP contribution in [0.1, 0.15) is 10.4 Å². The van der Waals surface area contributed by atoms with Crippen molar-refractivity contribution in [2.24, 2.45) is 0 Å². The van der Waals surface area contributed by atoms with Crippen LogP contribution in [0.5, 0.6) is 0 Å². The Hall–Kier alpha value is -2.86. The fourth-order valence-corrected chi connectivity index (χ4v) is 2.59. The average molecular weight is 343 g/mol. The number of halogens is 1. The Balaban J connectivity index is 1.87. The van der Waals surface area contributed by atoms with Gasteiger partial charge in [-0.25, -0.2) is 4.98 Å². The molecule has 7 heteroatoms. The molecule has 0 unspecified atom stereocenters. The molecule has 0 atom stereocenters. The SMILES string of the molecule is CNC(=O)Cn1ccc2ccc(NC(=O)c3cccnc3Cl)cc21. The van der Waals surface area contributed by atoms with E-state index in [1.54, 1.807) is 25.2 Å². The van der Waals surface area contributed by atoms with Crippen molar-refractivity contribution in [3.63, 3.8) is 0 Å². The first kappa shape index (κ1) is 16.0. The summed E-state index contributed by atoms with van der Waals surface area (Å²) in [5.74, 6) is -0.430. The van der Waals surface area contributed by atoms with E-state index in [2.05, 4.69) is 15.6 Å². The van der Waals surface area contributed by atoms with Gasteiger partial charge in [-0.3, -0.25) is 9.59 Å². The molecule has 3 rings (SSSR count). The fraction of sp³-hybridized carbons (Fsp3) is 0.118. The van der Waals surface area contributed by atoms with Crippen molar-refractivity contribution in [3.05, 3.63) is 59.5 Å². The van der Waals surface area contributed by atoms with Crippen molar-refractivity contribution in [1.82, 2.24) is 14.9 Å². The van der Waals surface area contributed by atoms with Gasteiger partial charge in [0.25, 0.3) is 5.91 Å². The van der Waals surface area contributed by atoms with Crippen molar-refractivity contribution < 1.29 is 9.59 Å². The van der Waals surface area contributed by atoms with E-state index in [1.165, 1.54) is 6.20 Å². The van der Waals surface area contributed by atoms with Gasteiger partial charge in [0, 0.05) is 25.1 Å². The van der Waals surface area contributed by atoms with Crippen LogP contribution in [0.4, 0.5) is 5.69 Å². The van der Waals surface area contributed by atoms with E-state index in [-0.39, 0.29) is 23.5 Å². The second kappa shape index (κ2) is 6.72. The summed E-state index contributed by atoms with van der Waals surface area (Å²) in [6.45, 7) is 0.214. The van der Waals surface area contributed by atoms with E-state index >= 15 is 0 Å². The minimum absolute atomic E-state index is 0.0934. The predicted molar refractivity (Wildman–Crippen MR) is 93.2 cm³/mol. The number of aromatic nitrogens is 2. The molecule has 24 heavy (non-hydrogen) atoms. The molecule has 0 radical (unpaired) electrons. The maximum absolute atomic E-state index is 12.3. The number of hydrogen-bond donors (Lipinski definition) is 2. The summed E-state index contributed by atoms with van der Waals surface area (Å²) < 4.78 is 1.82. The number of fused-ring (bicyclic) bond motifs is 1. The molecule has 0 saturated heterocycles. The number of nitrogens with one attached hydrogen (secondary N) is 2. The van der Waals surface area contributed by atoms with E-state index in [9.17, 15) is 9.59 Å². The average Bonchev–Trinajstić information content (AvgIpc) is 2.97. The summed E-state index contributed by atoms with van der Waals surface area (Å²) >= 11 is 5.94. The highest BCUT2D eigenvalue weighted by Gasteiger charge is 2.12. The summed E-state index contributed by atoms with van der Waals surface area (Å²) in [4.78, 5) is 27.8. The first-order valence-corrected chi connectivity index (χ1v) is 7.67. The van der Waals surface area contributed by atoms with Gasteiger partial charge in [-0.05, 0) is 35.7 Å². The normalized spacial score (nSPS) is 10.6. The molecule has 0 saturated carbocycles. The molecule has 122 valence electrons. The molecule has 0 aliphatic heterocycles. The third-order valence-electron chi connectivity index (χ3n) is 3.63. The third kappa shape index (κ3) is 3.23. The van der Waals surface area contributed by atoms with Crippen LogP contribution >= 0.6 is 11.6 Å². The standard InChI is InChI=1S/C17H15ClN4O2/c1-19-15(23)10-22-8-6-11-4-5-12(9-14(11)22)21-17(24)13-3-2-7-20-16(13)18/h2-9H,10H2,1H3,(H,19,23)(H,21,24). The second-order valence-electron chi connectivity index (χ2n) is 5.19. The van der Waals surface area contributed by atoms with Gasteiger partial charge in [-0.1, -0.05) is 17.7 Å². The van der Waals surface area contributed by atoms with Crippen LogP contribution in [0, 0.1) is 0 Å². The number of anilines is 1. The van der Waals surface area contributed by atoms with Gasteiger partial charge in [0.05, 0.1) is 11.1 Å². The van der Waals surface area contributed by atoms with Crippen molar-refractivity contribution in [3.8, 4) is 0 Å². The zero-order valence-electron chi connectivity index (χ0n) is 12.9. The smallest absolute Gasteiger partial charge is 0.258 e. The topological polar surface area (TPSA) is 76.0 Å². The van der Waals surface area contributed by atoms with Crippen molar-refractivity contribution in [2.75, 3.05) is 12.4 Å². The van der Waals surface area contributed by atoms with Crippen molar-refractivity contribution >= 4 is 40.0 Å².